The molecule has 0 unspecified atom stereocenters. The van der Waals surface area contributed by atoms with E-state index in [1.54, 1.807) is 13.4 Å². The second kappa shape index (κ2) is 5.49. The Morgan fingerprint density at radius 1 is 1.11 bits per heavy atom. The maximum atomic E-state index is 5.40. The van der Waals surface area contributed by atoms with Crippen LogP contribution in [0.15, 0.2) is 47.1 Å². The first-order valence-corrected chi connectivity index (χ1v) is 6.78. The van der Waals surface area contributed by atoms with E-state index in [0.29, 0.717) is 6.10 Å². The number of hydrogen-bond donors (Lipinski definition) is 0. The smallest absolute Gasteiger partial charge is 0.133 e. The Morgan fingerprint density at radius 2 is 1.84 bits per heavy atom. The van der Waals surface area contributed by atoms with E-state index in [2.05, 4.69) is 29.2 Å². The predicted molar refractivity (Wildman–Crippen MR) is 76.4 cm³/mol. The molecule has 0 N–H and O–H groups in total. The number of furan rings is 1. The van der Waals surface area contributed by atoms with Crippen LogP contribution in [-0.4, -0.2) is 26.3 Å². The molecule has 3 heteroatoms. The Balaban J connectivity index is 1.70. The summed E-state index contributed by atoms with van der Waals surface area (Å²) < 4.78 is 10.8. The van der Waals surface area contributed by atoms with Gasteiger partial charge in [-0.3, -0.25) is 0 Å². The van der Waals surface area contributed by atoms with Crippen LogP contribution in [0.2, 0.25) is 0 Å². The molecule has 0 saturated carbocycles. The monoisotopic (exact) mass is 257 g/mol. The van der Waals surface area contributed by atoms with Gasteiger partial charge in [-0.2, -0.15) is 0 Å². The van der Waals surface area contributed by atoms with Crippen molar-refractivity contribution < 1.29 is 9.15 Å². The van der Waals surface area contributed by atoms with Crippen molar-refractivity contribution in [2.75, 3.05) is 25.1 Å². The molecule has 0 radical (unpaired) electrons. The summed E-state index contributed by atoms with van der Waals surface area (Å²) in [6.07, 6.45) is 4.35. The summed E-state index contributed by atoms with van der Waals surface area (Å²) >= 11 is 0. The van der Waals surface area contributed by atoms with Gasteiger partial charge in [-0.15, -0.1) is 0 Å². The molecular formula is C16H19NO2. The van der Waals surface area contributed by atoms with E-state index < -0.39 is 0 Å². The van der Waals surface area contributed by atoms with Crippen molar-refractivity contribution in [1.29, 1.82) is 0 Å². The summed E-state index contributed by atoms with van der Waals surface area (Å²) in [4.78, 5) is 2.42. The number of piperidine rings is 1. The Bertz CT molecular complexity index is 496. The molecular weight excluding hydrogens is 238 g/mol. The predicted octanol–water partition coefficient (Wildman–Crippen LogP) is 3.56. The molecule has 1 aliphatic rings. The highest BCUT2D eigenvalue weighted by atomic mass is 16.5. The highest BCUT2D eigenvalue weighted by molar-refractivity contribution is 5.61. The lowest BCUT2D eigenvalue weighted by Gasteiger charge is -2.33. The second-order valence-corrected chi connectivity index (χ2v) is 4.95. The van der Waals surface area contributed by atoms with E-state index in [4.69, 9.17) is 9.15 Å². The van der Waals surface area contributed by atoms with Gasteiger partial charge >= 0.3 is 0 Å². The lowest BCUT2D eigenvalue weighted by Crippen LogP contribution is -2.36. The number of ether oxygens (including phenoxy) is 1. The number of benzene rings is 1. The molecule has 0 aliphatic carbocycles. The molecule has 0 atom stereocenters. The van der Waals surface area contributed by atoms with Crippen molar-refractivity contribution in [3.63, 3.8) is 0 Å². The normalized spacial score (nSPS) is 16.8. The third kappa shape index (κ3) is 2.66. The molecule has 1 aliphatic heterocycles. The number of anilines is 1. The Morgan fingerprint density at radius 3 is 2.42 bits per heavy atom. The van der Waals surface area contributed by atoms with Crippen LogP contribution in [0.25, 0.3) is 11.3 Å². The third-order valence-corrected chi connectivity index (χ3v) is 3.81. The van der Waals surface area contributed by atoms with Gasteiger partial charge in [0, 0.05) is 31.5 Å². The first-order valence-electron chi connectivity index (χ1n) is 6.78. The molecule has 3 nitrogen and oxygen atoms in total. The highest BCUT2D eigenvalue weighted by Crippen LogP contribution is 2.25. The fraction of sp³-hybridized carbons (Fsp3) is 0.375. The van der Waals surface area contributed by atoms with Crippen LogP contribution in [0.1, 0.15) is 12.8 Å². The van der Waals surface area contributed by atoms with Gasteiger partial charge in [0.25, 0.3) is 0 Å². The average Bonchev–Trinajstić information content (AvgIpc) is 3.02. The number of nitrogens with zero attached hydrogens (tertiary/aromatic N) is 1. The lowest BCUT2D eigenvalue weighted by molar-refractivity contribution is 0.0819. The number of rotatable bonds is 3. The average molecular weight is 257 g/mol. The van der Waals surface area contributed by atoms with Crippen LogP contribution >= 0.6 is 0 Å². The molecule has 1 saturated heterocycles. The molecule has 0 bridgehead atoms. The van der Waals surface area contributed by atoms with Crippen LogP contribution in [-0.2, 0) is 4.74 Å². The van der Waals surface area contributed by atoms with Crippen molar-refractivity contribution in [3.8, 4) is 11.3 Å². The summed E-state index contributed by atoms with van der Waals surface area (Å²) in [5.41, 5.74) is 2.41. The third-order valence-electron chi connectivity index (χ3n) is 3.81. The molecule has 100 valence electrons. The van der Waals surface area contributed by atoms with E-state index in [1.807, 2.05) is 12.1 Å². The van der Waals surface area contributed by atoms with Gasteiger partial charge in [0.05, 0.1) is 12.4 Å². The maximum Gasteiger partial charge on any atom is 0.133 e. The van der Waals surface area contributed by atoms with E-state index in [0.717, 1.165) is 37.3 Å². The first kappa shape index (κ1) is 12.3. The molecule has 2 aromatic rings. The van der Waals surface area contributed by atoms with Crippen LogP contribution < -0.4 is 4.90 Å². The second-order valence-electron chi connectivity index (χ2n) is 4.95. The zero-order valence-electron chi connectivity index (χ0n) is 11.2. The summed E-state index contributed by atoms with van der Waals surface area (Å²) in [6, 6.07) is 12.5. The molecule has 3 rings (SSSR count). The standard InChI is InChI=1S/C16H19NO2/c1-18-15-8-10-17(11-9-15)14-6-4-13(5-7-14)16-3-2-12-19-16/h2-7,12,15H,8-11H2,1H3. The van der Waals surface area contributed by atoms with Gasteiger partial charge in [0.15, 0.2) is 0 Å². The fourth-order valence-electron chi connectivity index (χ4n) is 2.63. The summed E-state index contributed by atoms with van der Waals surface area (Å²) in [5.74, 6) is 0.921. The van der Waals surface area contributed by atoms with Gasteiger partial charge in [-0.05, 0) is 49.2 Å². The summed E-state index contributed by atoms with van der Waals surface area (Å²) in [6.45, 7) is 2.14. The molecule has 0 amide bonds. The molecule has 2 heterocycles. The van der Waals surface area contributed by atoms with Gasteiger partial charge in [-0.25, -0.2) is 0 Å². The fourth-order valence-corrected chi connectivity index (χ4v) is 2.63. The van der Waals surface area contributed by atoms with Crippen molar-refractivity contribution in [3.05, 3.63) is 42.7 Å². The van der Waals surface area contributed by atoms with Crippen LogP contribution in [0.3, 0.4) is 0 Å². The van der Waals surface area contributed by atoms with Crippen molar-refractivity contribution >= 4 is 5.69 Å². The van der Waals surface area contributed by atoms with Crippen molar-refractivity contribution in [2.24, 2.45) is 0 Å². The number of methoxy groups -OCH3 is 1. The van der Waals surface area contributed by atoms with Gasteiger partial charge in [-0.1, -0.05) is 0 Å². The SMILES string of the molecule is COC1CCN(c2ccc(-c3ccco3)cc2)CC1. The summed E-state index contributed by atoms with van der Waals surface area (Å²) in [5, 5.41) is 0. The quantitative estimate of drug-likeness (QED) is 0.840. The minimum atomic E-state index is 0.429. The maximum absolute atomic E-state index is 5.40. The largest absolute Gasteiger partial charge is 0.464 e. The Hall–Kier alpha value is -1.74. The zero-order chi connectivity index (χ0) is 13.1. The van der Waals surface area contributed by atoms with E-state index in [9.17, 15) is 0 Å². The van der Waals surface area contributed by atoms with Crippen molar-refractivity contribution in [1.82, 2.24) is 0 Å². The van der Waals surface area contributed by atoms with Crippen LogP contribution in [0, 0.1) is 0 Å². The molecule has 1 fully saturated rings. The first-order chi connectivity index (χ1) is 9.36. The van der Waals surface area contributed by atoms with Crippen LogP contribution in [0.4, 0.5) is 5.69 Å². The minimum Gasteiger partial charge on any atom is -0.464 e. The van der Waals surface area contributed by atoms with Crippen LogP contribution in [0.5, 0.6) is 0 Å². The summed E-state index contributed by atoms with van der Waals surface area (Å²) in [7, 11) is 1.80. The highest BCUT2D eigenvalue weighted by Gasteiger charge is 2.18. The lowest BCUT2D eigenvalue weighted by atomic mass is 10.1. The van der Waals surface area contributed by atoms with E-state index in [-0.39, 0.29) is 0 Å². The number of hydrogen-bond acceptors (Lipinski definition) is 3. The topological polar surface area (TPSA) is 25.6 Å². The van der Waals surface area contributed by atoms with E-state index >= 15 is 0 Å². The zero-order valence-corrected chi connectivity index (χ0v) is 11.2. The molecule has 1 aromatic carbocycles. The molecule has 0 spiro atoms. The Kier molecular flexibility index (Phi) is 3.56. The van der Waals surface area contributed by atoms with Gasteiger partial charge in [0.1, 0.15) is 5.76 Å². The minimum absolute atomic E-state index is 0.429. The Labute approximate surface area is 113 Å². The van der Waals surface area contributed by atoms with Gasteiger partial charge in [0.2, 0.25) is 0 Å². The van der Waals surface area contributed by atoms with E-state index in [1.165, 1.54) is 5.69 Å². The van der Waals surface area contributed by atoms with Crippen molar-refractivity contribution in [2.45, 2.75) is 18.9 Å². The van der Waals surface area contributed by atoms with Gasteiger partial charge < -0.3 is 14.1 Å². The molecule has 1 aromatic heterocycles. The molecule has 19 heavy (non-hydrogen) atoms.